The largest absolute Gasteiger partial charge is 0.381 e. The molecule has 21 heavy (non-hydrogen) atoms. The summed E-state index contributed by atoms with van der Waals surface area (Å²) >= 11 is 0. The Morgan fingerprint density at radius 2 is 2.24 bits per heavy atom. The van der Waals surface area contributed by atoms with E-state index in [4.69, 9.17) is 9.47 Å². The predicted octanol–water partition coefficient (Wildman–Crippen LogP) is 2.45. The van der Waals surface area contributed by atoms with Crippen molar-refractivity contribution in [3.8, 4) is 0 Å². The third-order valence-electron chi connectivity index (χ3n) is 5.03. The lowest BCUT2D eigenvalue weighted by atomic mass is 9.84. The molecule has 1 spiro atoms. The summed E-state index contributed by atoms with van der Waals surface area (Å²) in [6.45, 7) is 4.69. The fourth-order valence-corrected chi connectivity index (χ4v) is 3.66. The van der Waals surface area contributed by atoms with Crippen LogP contribution in [0.4, 0.5) is 0 Å². The quantitative estimate of drug-likeness (QED) is 0.926. The van der Waals surface area contributed by atoms with Gasteiger partial charge in [0, 0.05) is 37.6 Å². The molecule has 0 bridgehead atoms. The third-order valence-corrected chi connectivity index (χ3v) is 5.03. The highest BCUT2D eigenvalue weighted by molar-refractivity contribution is 5.11. The number of nitrogens with one attached hydrogen (secondary N) is 1. The standard InChI is InChI=1S/C16H27N3O2/c1-3-15(17-2)13-11-18-19(12-13)14-4-7-21-16(10-14)5-8-20-9-6-16/h11-12,14-15,17H,3-10H2,1-2H3. The van der Waals surface area contributed by atoms with Crippen LogP contribution in [0.2, 0.25) is 0 Å². The first kappa shape index (κ1) is 15.0. The summed E-state index contributed by atoms with van der Waals surface area (Å²) in [6, 6.07) is 0.857. The van der Waals surface area contributed by atoms with Crippen molar-refractivity contribution in [1.29, 1.82) is 0 Å². The maximum absolute atomic E-state index is 6.12. The van der Waals surface area contributed by atoms with Gasteiger partial charge in [-0.25, -0.2) is 0 Å². The topological polar surface area (TPSA) is 48.3 Å². The van der Waals surface area contributed by atoms with E-state index in [0.717, 1.165) is 51.9 Å². The zero-order valence-electron chi connectivity index (χ0n) is 13.2. The van der Waals surface area contributed by atoms with Gasteiger partial charge >= 0.3 is 0 Å². The van der Waals surface area contributed by atoms with Gasteiger partial charge in [-0.15, -0.1) is 0 Å². The number of hydrogen-bond donors (Lipinski definition) is 1. The van der Waals surface area contributed by atoms with Crippen LogP contribution in [0.3, 0.4) is 0 Å². The molecule has 2 unspecified atom stereocenters. The van der Waals surface area contributed by atoms with Crippen molar-refractivity contribution >= 4 is 0 Å². The molecule has 1 aromatic heterocycles. The molecule has 1 N–H and O–H groups in total. The van der Waals surface area contributed by atoms with Gasteiger partial charge < -0.3 is 14.8 Å². The first-order valence-electron chi connectivity index (χ1n) is 8.19. The van der Waals surface area contributed by atoms with Gasteiger partial charge in [0.25, 0.3) is 0 Å². The van der Waals surface area contributed by atoms with Crippen molar-refractivity contribution in [2.45, 2.75) is 56.7 Å². The molecule has 0 amide bonds. The average Bonchev–Trinajstić information content (AvgIpc) is 2.99. The summed E-state index contributed by atoms with van der Waals surface area (Å²) in [4.78, 5) is 0. The second-order valence-electron chi connectivity index (χ2n) is 6.29. The van der Waals surface area contributed by atoms with E-state index in [1.54, 1.807) is 0 Å². The molecule has 1 aromatic rings. The van der Waals surface area contributed by atoms with Crippen LogP contribution >= 0.6 is 0 Å². The minimum absolute atomic E-state index is 0.0282. The molecule has 2 aliphatic heterocycles. The van der Waals surface area contributed by atoms with Crippen LogP contribution < -0.4 is 5.32 Å². The van der Waals surface area contributed by atoms with E-state index in [-0.39, 0.29) is 5.60 Å². The van der Waals surface area contributed by atoms with Crippen molar-refractivity contribution in [3.05, 3.63) is 18.0 Å². The van der Waals surface area contributed by atoms with E-state index < -0.39 is 0 Å². The molecule has 0 saturated carbocycles. The summed E-state index contributed by atoms with van der Waals surface area (Å²) in [5.74, 6) is 0. The molecule has 0 aromatic carbocycles. The number of ether oxygens (including phenoxy) is 2. The minimum Gasteiger partial charge on any atom is -0.381 e. The molecular formula is C16H27N3O2. The predicted molar refractivity (Wildman–Crippen MR) is 81.3 cm³/mol. The molecule has 2 fully saturated rings. The second kappa shape index (κ2) is 6.46. The molecule has 2 saturated heterocycles. The van der Waals surface area contributed by atoms with Gasteiger partial charge in [0.2, 0.25) is 0 Å². The number of nitrogens with zero attached hydrogens (tertiary/aromatic N) is 2. The van der Waals surface area contributed by atoms with E-state index in [2.05, 4.69) is 28.2 Å². The molecule has 0 aliphatic carbocycles. The molecule has 3 rings (SSSR count). The van der Waals surface area contributed by atoms with Crippen LogP contribution in [0, 0.1) is 0 Å². The first-order chi connectivity index (χ1) is 10.3. The Labute approximate surface area is 127 Å². The maximum Gasteiger partial charge on any atom is 0.0746 e. The van der Waals surface area contributed by atoms with E-state index >= 15 is 0 Å². The fraction of sp³-hybridized carbons (Fsp3) is 0.812. The van der Waals surface area contributed by atoms with Gasteiger partial charge in [0.05, 0.1) is 17.8 Å². The third kappa shape index (κ3) is 3.15. The van der Waals surface area contributed by atoms with Crippen LogP contribution in [0.25, 0.3) is 0 Å². The lowest BCUT2D eigenvalue weighted by Crippen LogP contribution is -2.44. The Hall–Kier alpha value is -0.910. The van der Waals surface area contributed by atoms with Crippen molar-refractivity contribution in [2.75, 3.05) is 26.9 Å². The highest BCUT2D eigenvalue weighted by Gasteiger charge is 2.39. The van der Waals surface area contributed by atoms with Gasteiger partial charge in [-0.3, -0.25) is 4.68 Å². The molecule has 5 nitrogen and oxygen atoms in total. The summed E-state index contributed by atoms with van der Waals surface area (Å²) in [5, 5.41) is 7.97. The molecule has 5 heteroatoms. The Bertz CT molecular complexity index is 445. The number of hydrogen-bond acceptors (Lipinski definition) is 4. The van der Waals surface area contributed by atoms with E-state index in [1.807, 2.05) is 13.2 Å². The smallest absolute Gasteiger partial charge is 0.0746 e. The molecule has 2 aliphatic rings. The Morgan fingerprint density at radius 3 is 2.95 bits per heavy atom. The highest BCUT2D eigenvalue weighted by Crippen LogP contribution is 2.39. The zero-order valence-corrected chi connectivity index (χ0v) is 13.2. The summed E-state index contributed by atoms with van der Waals surface area (Å²) in [5.41, 5.74) is 1.31. The molecule has 3 heterocycles. The fourth-order valence-electron chi connectivity index (χ4n) is 3.66. The van der Waals surface area contributed by atoms with Crippen molar-refractivity contribution < 1.29 is 9.47 Å². The molecule has 2 atom stereocenters. The summed E-state index contributed by atoms with van der Waals surface area (Å²) in [6.07, 6.45) is 9.47. The maximum atomic E-state index is 6.12. The van der Waals surface area contributed by atoms with E-state index in [1.165, 1.54) is 5.56 Å². The lowest BCUT2D eigenvalue weighted by molar-refractivity contribution is -0.145. The SMILES string of the molecule is CCC(NC)c1cnn(C2CCOC3(CCOCC3)C2)c1. The Morgan fingerprint density at radius 1 is 1.43 bits per heavy atom. The van der Waals surface area contributed by atoms with E-state index in [9.17, 15) is 0 Å². The van der Waals surface area contributed by atoms with Gasteiger partial charge in [-0.2, -0.15) is 5.10 Å². The normalized spacial score (nSPS) is 26.9. The van der Waals surface area contributed by atoms with Gasteiger partial charge in [-0.05, 0) is 39.2 Å². The van der Waals surface area contributed by atoms with Crippen LogP contribution in [-0.2, 0) is 9.47 Å². The first-order valence-corrected chi connectivity index (χ1v) is 8.19. The average molecular weight is 293 g/mol. The van der Waals surface area contributed by atoms with Crippen molar-refractivity contribution in [3.63, 3.8) is 0 Å². The summed E-state index contributed by atoms with van der Waals surface area (Å²) in [7, 11) is 2.01. The second-order valence-corrected chi connectivity index (χ2v) is 6.29. The number of aromatic nitrogens is 2. The van der Waals surface area contributed by atoms with Gasteiger partial charge in [0.1, 0.15) is 0 Å². The minimum atomic E-state index is 0.0282. The van der Waals surface area contributed by atoms with Crippen molar-refractivity contribution in [1.82, 2.24) is 15.1 Å². The van der Waals surface area contributed by atoms with Crippen LogP contribution in [0.5, 0.6) is 0 Å². The lowest BCUT2D eigenvalue weighted by Gasteiger charge is -2.43. The Balaban J connectivity index is 1.71. The van der Waals surface area contributed by atoms with Gasteiger partial charge in [0.15, 0.2) is 0 Å². The Kier molecular flexibility index (Phi) is 4.62. The molecule has 118 valence electrons. The highest BCUT2D eigenvalue weighted by atomic mass is 16.5. The van der Waals surface area contributed by atoms with E-state index in [0.29, 0.717) is 12.1 Å². The molecule has 0 radical (unpaired) electrons. The molecular weight excluding hydrogens is 266 g/mol. The van der Waals surface area contributed by atoms with Crippen LogP contribution in [0.15, 0.2) is 12.4 Å². The number of rotatable bonds is 4. The van der Waals surface area contributed by atoms with Crippen LogP contribution in [-0.4, -0.2) is 42.2 Å². The zero-order chi connectivity index (χ0) is 14.7. The monoisotopic (exact) mass is 293 g/mol. The van der Waals surface area contributed by atoms with Crippen molar-refractivity contribution in [2.24, 2.45) is 0 Å². The van der Waals surface area contributed by atoms with Gasteiger partial charge in [-0.1, -0.05) is 6.92 Å². The van der Waals surface area contributed by atoms with Crippen LogP contribution in [0.1, 0.15) is 56.7 Å². The summed E-state index contributed by atoms with van der Waals surface area (Å²) < 4.78 is 13.8.